The summed E-state index contributed by atoms with van der Waals surface area (Å²) in [6.07, 6.45) is 10.6. The minimum absolute atomic E-state index is 0.0971. The molecule has 206 valence electrons. The smallest absolute Gasteiger partial charge is 0.407 e. The fourth-order valence-corrected chi connectivity index (χ4v) is 5.11. The largest absolute Gasteiger partial charge is 0.481 e. The second-order valence-electron chi connectivity index (χ2n) is 10.1. The molecule has 38 heavy (non-hydrogen) atoms. The lowest BCUT2D eigenvalue weighted by molar-refractivity contribution is -0.139. The van der Waals surface area contributed by atoms with E-state index in [4.69, 9.17) is 4.74 Å². The number of alkyl carbamates (subject to hydrolysis) is 1. The first-order chi connectivity index (χ1) is 18.5. The summed E-state index contributed by atoms with van der Waals surface area (Å²) in [5.41, 5.74) is 4.40. The van der Waals surface area contributed by atoms with Gasteiger partial charge >= 0.3 is 12.1 Å². The molecule has 2 aromatic rings. The molecule has 7 nitrogen and oxygen atoms in total. The van der Waals surface area contributed by atoms with Gasteiger partial charge in [0.05, 0.1) is 6.42 Å². The number of benzene rings is 2. The molecule has 0 bridgehead atoms. The van der Waals surface area contributed by atoms with Crippen LogP contribution in [0.5, 0.6) is 0 Å². The Morgan fingerprint density at radius 3 is 1.89 bits per heavy atom. The Hall–Kier alpha value is -3.35. The summed E-state index contributed by atoms with van der Waals surface area (Å²) in [6, 6.07) is 14.8. The third-order valence-electron chi connectivity index (χ3n) is 7.16. The molecule has 2 amide bonds. The topological polar surface area (TPSA) is 105 Å². The molecule has 0 unspecified atom stereocenters. The maximum atomic E-state index is 12.6. The molecule has 3 rings (SSSR count). The predicted molar refractivity (Wildman–Crippen MR) is 149 cm³/mol. The van der Waals surface area contributed by atoms with Crippen molar-refractivity contribution in [2.45, 2.75) is 89.5 Å². The number of carboxylic acids is 1. The van der Waals surface area contributed by atoms with Crippen LogP contribution in [0.1, 0.15) is 94.6 Å². The molecule has 1 aliphatic carbocycles. The van der Waals surface area contributed by atoms with Gasteiger partial charge in [-0.3, -0.25) is 9.59 Å². The number of amides is 2. The maximum absolute atomic E-state index is 12.6. The van der Waals surface area contributed by atoms with Gasteiger partial charge in [0.1, 0.15) is 12.6 Å². The zero-order valence-electron chi connectivity index (χ0n) is 22.5. The van der Waals surface area contributed by atoms with Crippen molar-refractivity contribution in [2.75, 3.05) is 13.2 Å². The predicted octanol–water partition coefficient (Wildman–Crippen LogP) is 6.41. The van der Waals surface area contributed by atoms with Crippen molar-refractivity contribution < 1.29 is 24.2 Å². The number of fused-ring (bicyclic) bond motifs is 3. The van der Waals surface area contributed by atoms with Gasteiger partial charge in [-0.25, -0.2) is 4.79 Å². The van der Waals surface area contributed by atoms with E-state index in [2.05, 4.69) is 29.7 Å². The fraction of sp³-hybridized carbons (Fsp3) is 0.516. The Morgan fingerprint density at radius 1 is 0.816 bits per heavy atom. The van der Waals surface area contributed by atoms with Crippen molar-refractivity contribution in [3.05, 3.63) is 59.7 Å². The van der Waals surface area contributed by atoms with E-state index in [0.29, 0.717) is 6.54 Å². The second-order valence-corrected chi connectivity index (χ2v) is 10.1. The zero-order valence-corrected chi connectivity index (χ0v) is 22.5. The highest BCUT2D eigenvalue weighted by Crippen LogP contribution is 2.44. The zero-order chi connectivity index (χ0) is 27.2. The Morgan fingerprint density at radius 2 is 1.34 bits per heavy atom. The highest BCUT2D eigenvalue weighted by molar-refractivity contribution is 5.89. The van der Waals surface area contributed by atoms with Crippen LogP contribution in [0.15, 0.2) is 48.5 Å². The number of carboxylic acid groups (broad SMARTS) is 1. The lowest BCUT2D eigenvalue weighted by Crippen LogP contribution is -2.48. The van der Waals surface area contributed by atoms with Gasteiger partial charge in [0.25, 0.3) is 0 Å². The molecule has 0 saturated carbocycles. The monoisotopic (exact) mass is 522 g/mol. The molecule has 2 aromatic carbocycles. The third-order valence-corrected chi connectivity index (χ3v) is 7.16. The fourth-order valence-electron chi connectivity index (χ4n) is 5.11. The van der Waals surface area contributed by atoms with E-state index in [0.717, 1.165) is 41.5 Å². The molecule has 0 heterocycles. The average molecular weight is 523 g/mol. The number of carbonyl (C=O) groups is 3. The lowest BCUT2D eigenvalue weighted by atomic mass is 9.98. The van der Waals surface area contributed by atoms with Gasteiger partial charge in [0.2, 0.25) is 5.91 Å². The summed E-state index contributed by atoms with van der Waals surface area (Å²) in [5.74, 6) is -1.78. The third kappa shape index (κ3) is 8.89. The van der Waals surface area contributed by atoms with Gasteiger partial charge in [-0.1, -0.05) is 113 Å². The van der Waals surface area contributed by atoms with Gasteiger partial charge in [-0.2, -0.15) is 0 Å². The highest BCUT2D eigenvalue weighted by atomic mass is 16.5. The number of hydrogen-bond donors (Lipinski definition) is 3. The van der Waals surface area contributed by atoms with Gasteiger partial charge in [-0.05, 0) is 28.7 Å². The van der Waals surface area contributed by atoms with Crippen LogP contribution in [0.3, 0.4) is 0 Å². The van der Waals surface area contributed by atoms with Gasteiger partial charge in [-0.15, -0.1) is 0 Å². The summed E-state index contributed by atoms with van der Waals surface area (Å²) < 4.78 is 5.49. The van der Waals surface area contributed by atoms with Gasteiger partial charge < -0.3 is 20.5 Å². The van der Waals surface area contributed by atoms with E-state index < -0.39 is 30.4 Å². The minimum atomic E-state index is -1.19. The summed E-state index contributed by atoms with van der Waals surface area (Å²) in [6.45, 7) is 2.78. The first kappa shape index (κ1) is 29.2. The number of unbranched alkanes of at least 4 members (excludes halogenated alkanes) is 9. The molecule has 1 atom stereocenters. The number of carbonyl (C=O) groups excluding carboxylic acids is 2. The SMILES string of the molecule is CCCCCCCCCCCCNC(=O)[C@H](CC(=O)O)NC(=O)OCC1c2ccccc2-c2ccccc21. The maximum Gasteiger partial charge on any atom is 0.407 e. The number of hydrogen-bond acceptors (Lipinski definition) is 4. The van der Waals surface area contributed by atoms with Crippen LogP contribution in [0.2, 0.25) is 0 Å². The first-order valence-electron chi connectivity index (χ1n) is 14.1. The Bertz CT molecular complexity index is 1010. The quantitative estimate of drug-likeness (QED) is 0.208. The van der Waals surface area contributed by atoms with Crippen LogP contribution in [-0.4, -0.2) is 42.3 Å². The summed E-state index contributed by atoms with van der Waals surface area (Å²) in [4.78, 5) is 36.5. The molecule has 3 N–H and O–H groups in total. The van der Waals surface area contributed by atoms with Crippen molar-refractivity contribution in [1.29, 1.82) is 0 Å². The molecule has 0 aromatic heterocycles. The lowest BCUT2D eigenvalue weighted by Gasteiger charge is -2.18. The van der Waals surface area contributed by atoms with E-state index in [9.17, 15) is 19.5 Å². The molecular formula is C31H42N2O5. The van der Waals surface area contributed by atoms with Crippen molar-refractivity contribution in [2.24, 2.45) is 0 Å². The van der Waals surface area contributed by atoms with Gasteiger partial charge in [0.15, 0.2) is 0 Å². The molecule has 0 saturated heterocycles. The second kappa shape index (κ2) is 15.8. The van der Waals surface area contributed by atoms with Crippen molar-refractivity contribution >= 4 is 18.0 Å². The Labute approximate surface area is 226 Å². The minimum Gasteiger partial charge on any atom is -0.481 e. The van der Waals surface area contributed by atoms with Gasteiger partial charge in [0, 0.05) is 12.5 Å². The van der Waals surface area contributed by atoms with Crippen LogP contribution in [0.25, 0.3) is 11.1 Å². The standard InChI is InChI=1S/C31H42N2O5/c1-2-3-4-5-6-7-8-9-10-15-20-32-30(36)28(21-29(34)35)33-31(37)38-22-27-25-18-13-11-16-23(25)24-17-12-14-19-26(24)27/h11-14,16-19,27-28H,2-10,15,20-22H2,1H3,(H,32,36)(H,33,37)(H,34,35)/t28-/m0/s1. The molecule has 1 aliphatic rings. The van der Waals surface area contributed by atoms with Crippen molar-refractivity contribution in [3.8, 4) is 11.1 Å². The molecule has 0 radical (unpaired) electrons. The van der Waals surface area contributed by atoms with Crippen LogP contribution in [0.4, 0.5) is 4.79 Å². The average Bonchev–Trinajstić information content (AvgIpc) is 3.23. The Balaban J connectivity index is 1.40. The van der Waals surface area contributed by atoms with E-state index in [1.54, 1.807) is 0 Å². The van der Waals surface area contributed by atoms with Crippen LogP contribution in [-0.2, 0) is 14.3 Å². The number of ether oxygens (including phenoxy) is 1. The summed E-state index contributed by atoms with van der Waals surface area (Å²) in [5, 5.41) is 14.5. The number of nitrogens with one attached hydrogen (secondary N) is 2. The molecule has 0 spiro atoms. The highest BCUT2D eigenvalue weighted by Gasteiger charge is 2.30. The Kier molecular flexibility index (Phi) is 12.1. The van der Waals surface area contributed by atoms with E-state index in [1.807, 2.05) is 36.4 Å². The number of rotatable bonds is 17. The van der Waals surface area contributed by atoms with E-state index >= 15 is 0 Å². The molecule has 0 fully saturated rings. The van der Waals surface area contributed by atoms with E-state index in [-0.39, 0.29) is 12.5 Å². The first-order valence-corrected chi connectivity index (χ1v) is 14.1. The van der Waals surface area contributed by atoms with Crippen molar-refractivity contribution in [3.63, 3.8) is 0 Å². The summed E-state index contributed by atoms with van der Waals surface area (Å²) >= 11 is 0. The summed E-state index contributed by atoms with van der Waals surface area (Å²) in [7, 11) is 0. The van der Waals surface area contributed by atoms with E-state index in [1.165, 1.54) is 44.9 Å². The van der Waals surface area contributed by atoms with Crippen LogP contribution >= 0.6 is 0 Å². The van der Waals surface area contributed by atoms with Crippen molar-refractivity contribution in [1.82, 2.24) is 10.6 Å². The molecule has 7 heteroatoms. The normalized spacial score (nSPS) is 12.9. The number of aliphatic carboxylic acids is 1. The molecular weight excluding hydrogens is 480 g/mol. The molecule has 0 aliphatic heterocycles. The van der Waals surface area contributed by atoms with Crippen LogP contribution in [0, 0.1) is 0 Å². The van der Waals surface area contributed by atoms with Crippen LogP contribution < -0.4 is 10.6 Å².